The van der Waals surface area contributed by atoms with Crippen LogP contribution in [0.15, 0.2) is 0 Å². The van der Waals surface area contributed by atoms with Crippen LogP contribution in [0.4, 0.5) is 0 Å². The maximum absolute atomic E-state index is 11.6. The lowest BCUT2D eigenvalue weighted by atomic mass is 9.96. The molecular weight excluding hydrogens is 190 g/mol. The Bertz CT molecular complexity index is 259. The molecule has 1 aliphatic rings. The Hall–Kier alpha value is -1.08. The summed E-state index contributed by atoms with van der Waals surface area (Å²) in [6, 6.07) is 2.14. The van der Waals surface area contributed by atoms with E-state index in [0.29, 0.717) is 6.54 Å². The summed E-state index contributed by atoms with van der Waals surface area (Å²) in [6.45, 7) is 6.16. The van der Waals surface area contributed by atoms with E-state index in [9.17, 15) is 4.79 Å². The molecule has 1 N–H and O–H groups in total. The first-order valence-electron chi connectivity index (χ1n) is 5.60. The van der Waals surface area contributed by atoms with E-state index >= 15 is 0 Å². The van der Waals surface area contributed by atoms with Gasteiger partial charge in [-0.1, -0.05) is 0 Å². The molecule has 1 fully saturated rings. The lowest BCUT2D eigenvalue weighted by Crippen LogP contribution is -2.45. The molecule has 0 spiro atoms. The fourth-order valence-corrected chi connectivity index (χ4v) is 1.97. The third-order valence-corrected chi connectivity index (χ3v) is 2.91. The number of likely N-dealkylation sites (tertiary alicyclic amines) is 1. The summed E-state index contributed by atoms with van der Waals surface area (Å²) in [5.74, 6) is 0.196. The van der Waals surface area contributed by atoms with E-state index in [2.05, 4.69) is 16.3 Å². The van der Waals surface area contributed by atoms with E-state index in [1.807, 2.05) is 13.8 Å². The van der Waals surface area contributed by atoms with Crippen LogP contribution in [-0.4, -0.2) is 36.5 Å². The summed E-state index contributed by atoms with van der Waals surface area (Å²) in [7, 11) is 0. The normalized spacial score (nSPS) is 24.2. The van der Waals surface area contributed by atoms with Crippen molar-refractivity contribution in [1.29, 1.82) is 5.26 Å². The maximum atomic E-state index is 11.6. The molecule has 84 valence electrons. The van der Waals surface area contributed by atoms with Crippen molar-refractivity contribution >= 4 is 5.91 Å². The van der Waals surface area contributed by atoms with E-state index in [0.717, 1.165) is 25.9 Å². The molecule has 0 aromatic heterocycles. The Labute approximate surface area is 91.2 Å². The van der Waals surface area contributed by atoms with Gasteiger partial charge in [-0.15, -0.1) is 0 Å². The monoisotopic (exact) mass is 209 g/mol. The molecule has 1 rings (SSSR count). The minimum Gasteiger partial charge on any atom is -0.356 e. The van der Waals surface area contributed by atoms with E-state index < -0.39 is 0 Å². The Kier molecular flexibility index (Phi) is 4.57. The van der Waals surface area contributed by atoms with Gasteiger partial charge in [0, 0.05) is 13.1 Å². The van der Waals surface area contributed by atoms with Crippen LogP contribution in [0, 0.1) is 17.2 Å². The molecule has 4 nitrogen and oxygen atoms in total. The van der Waals surface area contributed by atoms with Crippen LogP contribution in [0.25, 0.3) is 0 Å². The summed E-state index contributed by atoms with van der Waals surface area (Å²) < 4.78 is 0. The zero-order valence-electron chi connectivity index (χ0n) is 9.49. The molecule has 0 bridgehead atoms. The Morgan fingerprint density at radius 2 is 2.47 bits per heavy atom. The summed E-state index contributed by atoms with van der Waals surface area (Å²) in [5, 5.41) is 11.7. The number of rotatable bonds is 3. The van der Waals surface area contributed by atoms with E-state index in [4.69, 9.17) is 5.26 Å². The Morgan fingerprint density at radius 1 is 1.73 bits per heavy atom. The second kappa shape index (κ2) is 5.72. The highest BCUT2D eigenvalue weighted by Gasteiger charge is 2.27. The second-order valence-electron chi connectivity index (χ2n) is 4.03. The van der Waals surface area contributed by atoms with Gasteiger partial charge >= 0.3 is 0 Å². The number of amides is 1. The van der Waals surface area contributed by atoms with Crippen LogP contribution < -0.4 is 5.32 Å². The molecule has 2 atom stereocenters. The number of nitrogens with one attached hydrogen (secondary N) is 1. The van der Waals surface area contributed by atoms with Gasteiger partial charge in [-0.3, -0.25) is 9.69 Å². The lowest BCUT2D eigenvalue weighted by Gasteiger charge is -2.33. The van der Waals surface area contributed by atoms with Crippen LogP contribution in [0.5, 0.6) is 0 Å². The molecular formula is C11H19N3O. The van der Waals surface area contributed by atoms with Crippen LogP contribution >= 0.6 is 0 Å². The molecule has 15 heavy (non-hydrogen) atoms. The van der Waals surface area contributed by atoms with Gasteiger partial charge in [0.15, 0.2) is 0 Å². The zero-order valence-corrected chi connectivity index (χ0v) is 9.49. The minimum absolute atomic E-state index is 0.0644. The zero-order chi connectivity index (χ0) is 11.3. The SMILES string of the molecule is CCNC(=O)[C@H]1CCCN([C@@H](C)C#N)C1. The fourth-order valence-electron chi connectivity index (χ4n) is 1.97. The van der Waals surface area contributed by atoms with E-state index in [1.54, 1.807) is 0 Å². The van der Waals surface area contributed by atoms with Gasteiger partial charge in [-0.2, -0.15) is 5.26 Å². The van der Waals surface area contributed by atoms with E-state index in [-0.39, 0.29) is 17.9 Å². The van der Waals surface area contributed by atoms with Gasteiger partial charge in [-0.25, -0.2) is 0 Å². The maximum Gasteiger partial charge on any atom is 0.224 e. The van der Waals surface area contributed by atoms with Crippen LogP contribution in [0.3, 0.4) is 0 Å². The number of carbonyl (C=O) groups excluding carboxylic acids is 1. The van der Waals surface area contributed by atoms with Crippen molar-refractivity contribution < 1.29 is 4.79 Å². The minimum atomic E-state index is -0.0813. The molecule has 0 radical (unpaired) electrons. The molecule has 0 aromatic carbocycles. The van der Waals surface area contributed by atoms with Gasteiger partial charge in [0.25, 0.3) is 0 Å². The fraction of sp³-hybridized carbons (Fsp3) is 0.818. The first kappa shape index (κ1) is 12.0. The Morgan fingerprint density at radius 3 is 3.07 bits per heavy atom. The van der Waals surface area contributed by atoms with Crippen LogP contribution in [-0.2, 0) is 4.79 Å². The Balaban J connectivity index is 2.49. The quantitative estimate of drug-likeness (QED) is 0.746. The van der Waals surface area contributed by atoms with Crippen molar-refractivity contribution in [3.63, 3.8) is 0 Å². The molecule has 0 saturated carbocycles. The number of hydrogen-bond donors (Lipinski definition) is 1. The average molecular weight is 209 g/mol. The van der Waals surface area contributed by atoms with Gasteiger partial charge in [0.05, 0.1) is 18.0 Å². The molecule has 1 amide bonds. The standard InChI is InChI=1S/C11H19N3O/c1-3-13-11(15)10-5-4-6-14(8-10)9(2)7-12/h9-10H,3-6,8H2,1-2H3,(H,13,15)/t9-,10-/m0/s1. The molecule has 0 unspecified atom stereocenters. The van der Waals surface area contributed by atoms with Gasteiger partial charge < -0.3 is 5.32 Å². The summed E-state index contributed by atoms with van der Waals surface area (Å²) >= 11 is 0. The molecule has 0 aromatic rings. The first-order valence-corrected chi connectivity index (χ1v) is 5.60. The van der Waals surface area contributed by atoms with Crippen molar-refractivity contribution in [1.82, 2.24) is 10.2 Å². The van der Waals surface area contributed by atoms with E-state index in [1.165, 1.54) is 0 Å². The summed E-state index contributed by atoms with van der Waals surface area (Å²) in [6.07, 6.45) is 1.95. The average Bonchev–Trinajstić information content (AvgIpc) is 2.28. The number of piperidine rings is 1. The summed E-state index contributed by atoms with van der Waals surface area (Å²) in [5.41, 5.74) is 0. The lowest BCUT2D eigenvalue weighted by molar-refractivity contribution is -0.126. The molecule has 0 aliphatic carbocycles. The number of nitriles is 1. The van der Waals surface area contributed by atoms with Gasteiger partial charge in [-0.05, 0) is 33.2 Å². The number of nitrogens with zero attached hydrogens (tertiary/aromatic N) is 2. The highest BCUT2D eigenvalue weighted by Crippen LogP contribution is 2.18. The van der Waals surface area contributed by atoms with Gasteiger partial charge in [0.1, 0.15) is 0 Å². The first-order chi connectivity index (χ1) is 7.19. The predicted molar refractivity (Wildman–Crippen MR) is 58.1 cm³/mol. The molecule has 1 heterocycles. The third kappa shape index (κ3) is 3.21. The molecule has 1 aliphatic heterocycles. The summed E-state index contributed by atoms with van der Waals surface area (Å²) in [4.78, 5) is 13.7. The third-order valence-electron chi connectivity index (χ3n) is 2.91. The van der Waals surface area contributed by atoms with Crippen molar-refractivity contribution in [2.24, 2.45) is 5.92 Å². The van der Waals surface area contributed by atoms with Crippen molar-refractivity contribution in [3.05, 3.63) is 0 Å². The van der Waals surface area contributed by atoms with Crippen molar-refractivity contribution in [3.8, 4) is 6.07 Å². The number of carbonyl (C=O) groups is 1. The second-order valence-corrected chi connectivity index (χ2v) is 4.03. The predicted octanol–water partition coefficient (Wildman–Crippen LogP) is 0.747. The van der Waals surface area contributed by atoms with Gasteiger partial charge in [0.2, 0.25) is 5.91 Å². The number of hydrogen-bond acceptors (Lipinski definition) is 3. The molecule has 4 heteroatoms. The smallest absolute Gasteiger partial charge is 0.224 e. The molecule has 1 saturated heterocycles. The van der Waals surface area contributed by atoms with Crippen molar-refractivity contribution in [2.75, 3.05) is 19.6 Å². The topological polar surface area (TPSA) is 56.1 Å². The highest BCUT2D eigenvalue weighted by molar-refractivity contribution is 5.78. The van der Waals surface area contributed by atoms with Crippen molar-refractivity contribution in [2.45, 2.75) is 32.7 Å². The highest BCUT2D eigenvalue weighted by atomic mass is 16.1. The van der Waals surface area contributed by atoms with Crippen LogP contribution in [0.2, 0.25) is 0 Å². The van der Waals surface area contributed by atoms with Crippen LogP contribution in [0.1, 0.15) is 26.7 Å². The largest absolute Gasteiger partial charge is 0.356 e.